The van der Waals surface area contributed by atoms with Gasteiger partial charge in [0.1, 0.15) is 5.82 Å². The van der Waals surface area contributed by atoms with Crippen LogP contribution >= 0.6 is 0 Å². The summed E-state index contributed by atoms with van der Waals surface area (Å²) in [5.74, 6) is 1.15. The molecule has 96 valence electrons. The van der Waals surface area contributed by atoms with Gasteiger partial charge in [0, 0.05) is 13.0 Å². The van der Waals surface area contributed by atoms with Crippen molar-refractivity contribution in [2.24, 2.45) is 11.3 Å². The normalized spacial score (nSPS) is 13.5. The van der Waals surface area contributed by atoms with E-state index in [1.807, 2.05) is 6.92 Å². The molecule has 0 spiro atoms. The number of aromatic amines is 1. The second-order valence-electron chi connectivity index (χ2n) is 5.44. The van der Waals surface area contributed by atoms with E-state index in [1.54, 1.807) is 0 Å². The molecule has 17 heavy (non-hydrogen) atoms. The van der Waals surface area contributed by atoms with Crippen LogP contribution in [0.25, 0.3) is 0 Å². The van der Waals surface area contributed by atoms with Gasteiger partial charge in [-0.3, -0.25) is 9.89 Å². The highest BCUT2D eigenvalue weighted by molar-refractivity contribution is 5.90. The van der Waals surface area contributed by atoms with Gasteiger partial charge in [0.2, 0.25) is 5.82 Å². The average molecular weight is 238 g/mol. The standard InChI is InChI=1S/C12H22N4O/c1-6-9-14-10(16-15-9)11(17)13-7-8(2)12(3,4)5/h8H,6-7H2,1-5H3,(H,13,17)(H,14,15,16). The van der Waals surface area contributed by atoms with E-state index >= 15 is 0 Å². The molecular weight excluding hydrogens is 216 g/mol. The van der Waals surface area contributed by atoms with Crippen molar-refractivity contribution in [3.05, 3.63) is 11.6 Å². The van der Waals surface area contributed by atoms with Crippen LogP contribution in [-0.4, -0.2) is 27.6 Å². The molecule has 0 aliphatic carbocycles. The summed E-state index contributed by atoms with van der Waals surface area (Å²) in [5, 5.41) is 9.47. The van der Waals surface area contributed by atoms with Crippen molar-refractivity contribution in [3.63, 3.8) is 0 Å². The molecule has 1 aromatic heterocycles. The molecule has 0 fully saturated rings. The smallest absolute Gasteiger partial charge is 0.290 e. The van der Waals surface area contributed by atoms with Gasteiger partial charge >= 0.3 is 0 Å². The molecule has 1 amide bonds. The minimum atomic E-state index is -0.211. The van der Waals surface area contributed by atoms with Gasteiger partial charge in [0.25, 0.3) is 5.91 Å². The largest absolute Gasteiger partial charge is 0.349 e. The highest BCUT2D eigenvalue weighted by atomic mass is 16.2. The minimum absolute atomic E-state index is 0.181. The second-order valence-corrected chi connectivity index (χ2v) is 5.44. The number of aryl methyl sites for hydroxylation is 1. The molecule has 0 aliphatic heterocycles. The van der Waals surface area contributed by atoms with Crippen LogP contribution in [0.4, 0.5) is 0 Å². The molecule has 5 heteroatoms. The van der Waals surface area contributed by atoms with E-state index in [4.69, 9.17) is 0 Å². The summed E-state index contributed by atoms with van der Waals surface area (Å²) in [7, 11) is 0. The van der Waals surface area contributed by atoms with Crippen LogP contribution in [-0.2, 0) is 6.42 Å². The van der Waals surface area contributed by atoms with Gasteiger partial charge in [0.05, 0.1) is 0 Å². The lowest BCUT2D eigenvalue weighted by atomic mass is 9.82. The van der Waals surface area contributed by atoms with Gasteiger partial charge in [-0.05, 0) is 11.3 Å². The van der Waals surface area contributed by atoms with E-state index in [0.29, 0.717) is 12.5 Å². The maximum absolute atomic E-state index is 11.7. The van der Waals surface area contributed by atoms with Crippen molar-refractivity contribution in [2.45, 2.75) is 41.0 Å². The van der Waals surface area contributed by atoms with Crippen LogP contribution in [0.15, 0.2) is 0 Å². The molecule has 0 radical (unpaired) electrons. The van der Waals surface area contributed by atoms with E-state index < -0.39 is 0 Å². The van der Waals surface area contributed by atoms with Crippen molar-refractivity contribution in [1.29, 1.82) is 0 Å². The maximum atomic E-state index is 11.7. The molecule has 1 heterocycles. The Bertz CT molecular complexity index is 378. The van der Waals surface area contributed by atoms with Gasteiger partial charge in [0.15, 0.2) is 0 Å². The summed E-state index contributed by atoms with van der Waals surface area (Å²) in [6, 6.07) is 0. The van der Waals surface area contributed by atoms with Crippen LogP contribution in [0.1, 0.15) is 51.1 Å². The van der Waals surface area contributed by atoms with Gasteiger partial charge in [-0.2, -0.15) is 0 Å². The van der Waals surface area contributed by atoms with Crippen molar-refractivity contribution in [1.82, 2.24) is 20.5 Å². The molecule has 0 aromatic carbocycles. The summed E-state index contributed by atoms with van der Waals surface area (Å²) >= 11 is 0. The molecule has 1 atom stereocenters. The number of hydrogen-bond donors (Lipinski definition) is 2. The lowest BCUT2D eigenvalue weighted by Crippen LogP contribution is -2.34. The van der Waals surface area contributed by atoms with Crippen molar-refractivity contribution in [2.75, 3.05) is 6.54 Å². The Morgan fingerprint density at radius 1 is 1.47 bits per heavy atom. The average Bonchev–Trinajstić information content (AvgIpc) is 2.72. The molecule has 1 rings (SSSR count). The van der Waals surface area contributed by atoms with Crippen LogP contribution < -0.4 is 5.32 Å². The number of carbonyl (C=O) groups is 1. The first-order valence-electron chi connectivity index (χ1n) is 6.04. The molecule has 0 saturated carbocycles. The highest BCUT2D eigenvalue weighted by Crippen LogP contribution is 2.24. The number of carbonyl (C=O) groups excluding carboxylic acids is 1. The third-order valence-electron chi connectivity index (χ3n) is 3.12. The number of hydrogen-bond acceptors (Lipinski definition) is 3. The highest BCUT2D eigenvalue weighted by Gasteiger charge is 2.21. The number of amides is 1. The Morgan fingerprint density at radius 3 is 2.59 bits per heavy atom. The summed E-state index contributed by atoms with van der Waals surface area (Å²) in [6.07, 6.45) is 0.749. The van der Waals surface area contributed by atoms with Gasteiger partial charge in [-0.25, -0.2) is 4.98 Å². The Hall–Kier alpha value is -1.39. The third-order valence-corrected chi connectivity index (χ3v) is 3.12. The quantitative estimate of drug-likeness (QED) is 0.840. The summed E-state index contributed by atoms with van der Waals surface area (Å²) < 4.78 is 0. The SMILES string of the molecule is CCc1nc(C(=O)NCC(C)C(C)(C)C)n[nH]1. The lowest BCUT2D eigenvalue weighted by molar-refractivity contribution is 0.0927. The number of nitrogens with zero attached hydrogens (tertiary/aromatic N) is 2. The Kier molecular flexibility index (Phi) is 4.26. The zero-order valence-corrected chi connectivity index (χ0v) is 11.3. The number of nitrogens with one attached hydrogen (secondary N) is 2. The van der Waals surface area contributed by atoms with Crippen LogP contribution in [0.2, 0.25) is 0 Å². The Balaban J connectivity index is 2.50. The minimum Gasteiger partial charge on any atom is -0.349 e. The number of aromatic nitrogens is 3. The Morgan fingerprint density at radius 2 is 2.12 bits per heavy atom. The van der Waals surface area contributed by atoms with E-state index in [1.165, 1.54) is 0 Å². The van der Waals surface area contributed by atoms with Crippen LogP contribution in [0, 0.1) is 11.3 Å². The first-order valence-corrected chi connectivity index (χ1v) is 6.04. The molecule has 0 saturated heterocycles. The van der Waals surface area contributed by atoms with Crippen molar-refractivity contribution < 1.29 is 4.79 Å². The predicted molar refractivity (Wildman–Crippen MR) is 66.7 cm³/mol. The molecule has 2 N–H and O–H groups in total. The van der Waals surface area contributed by atoms with Crippen LogP contribution in [0.5, 0.6) is 0 Å². The molecule has 1 unspecified atom stereocenters. The fraction of sp³-hybridized carbons (Fsp3) is 0.750. The fourth-order valence-corrected chi connectivity index (χ4v) is 1.19. The van der Waals surface area contributed by atoms with Gasteiger partial charge in [-0.1, -0.05) is 34.6 Å². The van der Waals surface area contributed by atoms with Crippen LogP contribution in [0.3, 0.4) is 0 Å². The number of H-pyrrole nitrogens is 1. The summed E-state index contributed by atoms with van der Waals surface area (Å²) in [4.78, 5) is 15.8. The van der Waals surface area contributed by atoms with E-state index in [-0.39, 0.29) is 17.1 Å². The fourth-order valence-electron chi connectivity index (χ4n) is 1.19. The topological polar surface area (TPSA) is 70.7 Å². The summed E-state index contributed by atoms with van der Waals surface area (Å²) in [5.41, 5.74) is 0.181. The van der Waals surface area contributed by atoms with Crippen molar-refractivity contribution in [3.8, 4) is 0 Å². The van der Waals surface area contributed by atoms with E-state index in [0.717, 1.165) is 12.2 Å². The molecule has 0 aliphatic rings. The maximum Gasteiger partial charge on any atom is 0.290 e. The third kappa shape index (κ3) is 3.84. The predicted octanol–water partition coefficient (Wildman–Crippen LogP) is 1.78. The van der Waals surface area contributed by atoms with E-state index in [9.17, 15) is 4.79 Å². The molecule has 0 bridgehead atoms. The molecule has 5 nitrogen and oxygen atoms in total. The zero-order chi connectivity index (χ0) is 13.1. The van der Waals surface area contributed by atoms with Crippen molar-refractivity contribution >= 4 is 5.91 Å². The second kappa shape index (κ2) is 5.29. The monoisotopic (exact) mass is 238 g/mol. The van der Waals surface area contributed by atoms with E-state index in [2.05, 4.69) is 48.2 Å². The first-order chi connectivity index (χ1) is 7.84. The first kappa shape index (κ1) is 13.7. The molecular formula is C12H22N4O. The lowest BCUT2D eigenvalue weighted by Gasteiger charge is -2.27. The zero-order valence-electron chi connectivity index (χ0n) is 11.3. The Labute approximate surface area is 102 Å². The number of rotatable bonds is 4. The summed E-state index contributed by atoms with van der Waals surface area (Å²) in [6.45, 7) is 11.2. The van der Waals surface area contributed by atoms with Gasteiger partial charge < -0.3 is 5.32 Å². The van der Waals surface area contributed by atoms with Gasteiger partial charge in [-0.15, -0.1) is 5.10 Å². The molecule has 1 aromatic rings.